The molecular weight excluding hydrogens is 1080 g/mol. The first-order valence-corrected chi connectivity index (χ1v) is 28.8. The number of amides is 6. The molecule has 0 aromatic heterocycles. The molecule has 5 aromatic carbocycles. The molecule has 5 aliphatic heterocycles. The number of benzene rings is 5. The van der Waals surface area contributed by atoms with Gasteiger partial charge in [0.25, 0.3) is 11.8 Å². The number of carbonyl (C=O) groups is 6. The molecule has 5 aliphatic rings. The Bertz CT molecular complexity index is 3250. The third-order valence-corrected chi connectivity index (χ3v) is 17.2. The number of piperazine rings is 1. The number of para-hydroxylation sites is 1. The zero-order valence-corrected chi connectivity index (χ0v) is 47.9. The Hall–Kier alpha value is -7.53. The molecule has 6 amide bonds. The fourth-order valence-corrected chi connectivity index (χ4v) is 12.1. The monoisotopic (exact) mass is 1150 g/mol. The second-order valence-corrected chi connectivity index (χ2v) is 23.1. The number of nitrogens with one attached hydrogen (secondary N) is 6. The first-order valence-electron chi connectivity index (χ1n) is 28.8. The lowest BCUT2D eigenvalue weighted by molar-refractivity contribution is -0.144. The van der Waals surface area contributed by atoms with Gasteiger partial charge >= 0.3 is 0 Å². The highest BCUT2D eigenvalue weighted by atomic mass is 19.1. The lowest BCUT2D eigenvalue weighted by atomic mass is 9.83. The van der Waals surface area contributed by atoms with Crippen LogP contribution in [0.25, 0.3) is 0 Å². The maximum Gasteiger partial charge on any atom is 0.255 e. The van der Waals surface area contributed by atoms with Crippen LogP contribution in [-0.4, -0.2) is 153 Å². The van der Waals surface area contributed by atoms with E-state index in [2.05, 4.69) is 55.5 Å². The summed E-state index contributed by atoms with van der Waals surface area (Å²) >= 11 is 0. The van der Waals surface area contributed by atoms with Gasteiger partial charge in [0.15, 0.2) is 0 Å². The second-order valence-electron chi connectivity index (χ2n) is 23.1. The Morgan fingerprint density at radius 3 is 2.23 bits per heavy atom. The first-order chi connectivity index (χ1) is 40.4. The minimum absolute atomic E-state index is 0.0663. The van der Waals surface area contributed by atoms with Crippen LogP contribution in [0.1, 0.15) is 84.8 Å². The van der Waals surface area contributed by atoms with Crippen LogP contribution >= 0.6 is 0 Å². The Kier molecular flexibility index (Phi) is 18.3. The average Bonchev–Trinajstić information content (AvgIpc) is 3.02. The van der Waals surface area contributed by atoms with Crippen molar-refractivity contribution in [2.24, 2.45) is 5.92 Å². The third kappa shape index (κ3) is 13.1. The standard InChI is InChI=1S/C63H73F3N10O8/c1-37-31-74(48(30-68-37)33-73-23-26-84-35-38(73)2)34-54(77)76-36-63(4,50-20-11-41(28-53(50)76)27-40-9-15-45(64)16-10-40)62(82)70-46-17-12-43(13-18-46)59(79)69-47-19-14-44-32-75(57(49(44)29-47)60(80)72-56-51(65)7-6-8-52(56)66)61(81)55(42-21-24-83-25-22-42)71-58(78)39(3)67-5/h6-20,28-29,37-39,42,48,55,57,67-68H,21-27,30-36H2,1-5H3,(H,69,79)(H,70,82)(H,71,78)(H,72,80)/t37-,38-,39+,48-,55?,57+,63?/m1/s1. The zero-order valence-electron chi connectivity index (χ0n) is 47.9. The van der Waals surface area contributed by atoms with E-state index in [0.717, 1.165) is 49.0 Å². The Morgan fingerprint density at radius 1 is 0.798 bits per heavy atom. The van der Waals surface area contributed by atoms with Crippen molar-refractivity contribution in [1.82, 2.24) is 30.7 Å². The highest BCUT2D eigenvalue weighted by molar-refractivity contribution is 6.08. The van der Waals surface area contributed by atoms with Crippen molar-refractivity contribution >= 4 is 58.2 Å². The van der Waals surface area contributed by atoms with Crippen molar-refractivity contribution in [1.29, 1.82) is 0 Å². The molecule has 5 heterocycles. The molecule has 21 heteroatoms. The van der Waals surface area contributed by atoms with E-state index in [-0.39, 0.29) is 72.6 Å². The molecule has 0 bridgehead atoms. The summed E-state index contributed by atoms with van der Waals surface area (Å²) in [6.45, 7) is 12.8. The van der Waals surface area contributed by atoms with Crippen LogP contribution in [0.4, 0.5) is 35.9 Å². The molecule has 5 aromatic rings. The summed E-state index contributed by atoms with van der Waals surface area (Å²) in [5.41, 5.74) is 2.86. The number of ether oxygens (including phenoxy) is 2. The molecular formula is C63H73F3N10O8. The summed E-state index contributed by atoms with van der Waals surface area (Å²) in [7, 11) is 1.61. The molecule has 0 aliphatic carbocycles. The Labute approximate surface area is 487 Å². The number of morpholine rings is 1. The molecule has 84 heavy (non-hydrogen) atoms. The first kappa shape index (κ1) is 59.6. The number of anilines is 4. The lowest BCUT2D eigenvalue weighted by Crippen LogP contribution is -2.62. The van der Waals surface area contributed by atoms with Crippen molar-refractivity contribution in [3.05, 3.63) is 154 Å². The SMILES string of the molecule is CN[C@@H](C)C(=O)NC(C(=O)N1Cc2ccc(NC(=O)c3ccc(NC(=O)C4(C)CN(C(=O)CN5C[C@@H](C)NC[C@@H]5CN5CCOC[C@H]5C)c5cc(Cc6ccc(F)cc6)ccc54)cc3)cc2[C@H]1C(=O)Nc1c(F)cccc1F)C1CCOCC1. The number of rotatable bonds is 17. The summed E-state index contributed by atoms with van der Waals surface area (Å²) in [5, 5.41) is 17.6. The van der Waals surface area contributed by atoms with Gasteiger partial charge in [-0.1, -0.05) is 36.4 Å². The molecule has 3 saturated heterocycles. The van der Waals surface area contributed by atoms with Crippen LogP contribution in [0.3, 0.4) is 0 Å². The summed E-state index contributed by atoms with van der Waals surface area (Å²) in [6, 6.07) is 23.6. The number of likely N-dealkylation sites (N-methyl/N-ethyl adjacent to an activating group) is 1. The van der Waals surface area contributed by atoms with Crippen LogP contribution in [0.2, 0.25) is 0 Å². The van der Waals surface area contributed by atoms with Gasteiger partial charge < -0.3 is 51.2 Å². The van der Waals surface area contributed by atoms with Gasteiger partial charge in [-0.15, -0.1) is 0 Å². The molecule has 444 valence electrons. The van der Waals surface area contributed by atoms with E-state index in [1.165, 1.54) is 23.1 Å². The number of halogens is 3. The van der Waals surface area contributed by atoms with Gasteiger partial charge in [0, 0.05) is 93.2 Å². The van der Waals surface area contributed by atoms with Gasteiger partial charge in [0.2, 0.25) is 23.6 Å². The van der Waals surface area contributed by atoms with Crippen LogP contribution in [0.5, 0.6) is 0 Å². The van der Waals surface area contributed by atoms with Crippen molar-refractivity contribution in [3.63, 3.8) is 0 Å². The number of hydrogen-bond acceptors (Lipinski definition) is 12. The van der Waals surface area contributed by atoms with Crippen molar-refractivity contribution in [3.8, 4) is 0 Å². The summed E-state index contributed by atoms with van der Waals surface area (Å²) in [6.07, 6.45) is 1.39. The normalized spacial score (nSPS) is 22.6. The maximum atomic E-state index is 15.0. The van der Waals surface area contributed by atoms with Crippen LogP contribution in [0, 0.1) is 23.4 Å². The van der Waals surface area contributed by atoms with Crippen LogP contribution < -0.4 is 36.8 Å². The summed E-state index contributed by atoms with van der Waals surface area (Å²) in [4.78, 5) is 93.7. The van der Waals surface area contributed by atoms with E-state index in [1.807, 2.05) is 25.1 Å². The van der Waals surface area contributed by atoms with Gasteiger partial charge in [-0.2, -0.15) is 0 Å². The molecule has 6 N–H and O–H groups in total. The van der Waals surface area contributed by atoms with Gasteiger partial charge in [-0.25, -0.2) is 13.2 Å². The van der Waals surface area contributed by atoms with Crippen LogP contribution in [0.15, 0.2) is 103 Å². The largest absolute Gasteiger partial charge is 0.381 e. The quantitative estimate of drug-likeness (QED) is 0.0624. The highest BCUT2D eigenvalue weighted by Gasteiger charge is 2.48. The molecule has 0 spiro atoms. The van der Waals surface area contributed by atoms with E-state index >= 15 is 8.78 Å². The highest BCUT2D eigenvalue weighted by Crippen LogP contribution is 2.43. The summed E-state index contributed by atoms with van der Waals surface area (Å²) < 4.78 is 55.2. The zero-order chi connectivity index (χ0) is 59.4. The number of fused-ring (bicyclic) bond motifs is 2. The van der Waals surface area contributed by atoms with E-state index in [4.69, 9.17) is 9.47 Å². The lowest BCUT2D eigenvalue weighted by Gasteiger charge is -2.43. The van der Waals surface area contributed by atoms with Crippen molar-refractivity contribution in [2.45, 2.75) is 95.2 Å². The van der Waals surface area contributed by atoms with E-state index in [9.17, 15) is 33.2 Å². The van der Waals surface area contributed by atoms with Crippen molar-refractivity contribution < 1.29 is 51.4 Å². The Balaban J connectivity index is 0.862. The van der Waals surface area contributed by atoms with E-state index in [0.29, 0.717) is 80.3 Å². The van der Waals surface area contributed by atoms with Crippen molar-refractivity contribution in [2.75, 3.05) is 93.6 Å². The maximum absolute atomic E-state index is 15.0. The molecule has 3 fully saturated rings. The van der Waals surface area contributed by atoms with Gasteiger partial charge in [0.1, 0.15) is 35.2 Å². The molecule has 0 radical (unpaired) electrons. The van der Waals surface area contributed by atoms with Gasteiger partial charge in [-0.3, -0.25) is 38.6 Å². The fraction of sp³-hybridized carbons (Fsp3) is 0.429. The molecule has 7 atom stereocenters. The fourth-order valence-electron chi connectivity index (χ4n) is 12.1. The number of nitrogens with zero attached hydrogens (tertiary/aromatic N) is 4. The molecule has 10 rings (SSSR count). The number of hydrogen-bond donors (Lipinski definition) is 6. The third-order valence-electron chi connectivity index (χ3n) is 17.2. The number of carbonyl (C=O) groups excluding carboxylic acids is 6. The van der Waals surface area contributed by atoms with Crippen LogP contribution in [-0.2, 0) is 51.8 Å². The van der Waals surface area contributed by atoms with E-state index in [1.54, 1.807) is 67.4 Å². The molecule has 18 nitrogen and oxygen atoms in total. The predicted octanol–water partition coefficient (Wildman–Crippen LogP) is 6.11. The second kappa shape index (κ2) is 25.8. The van der Waals surface area contributed by atoms with Gasteiger partial charge in [-0.05, 0) is 154 Å². The molecule has 0 saturated carbocycles. The summed E-state index contributed by atoms with van der Waals surface area (Å²) in [5.74, 6) is -5.70. The van der Waals surface area contributed by atoms with E-state index < -0.39 is 64.5 Å². The minimum Gasteiger partial charge on any atom is -0.381 e. The topological polar surface area (TPSA) is 206 Å². The average molecular weight is 1160 g/mol. The molecule has 2 unspecified atom stereocenters. The Morgan fingerprint density at radius 2 is 1.51 bits per heavy atom. The van der Waals surface area contributed by atoms with Gasteiger partial charge in [0.05, 0.1) is 31.2 Å². The smallest absolute Gasteiger partial charge is 0.255 e. The predicted molar refractivity (Wildman–Crippen MR) is 312 cm³/mol. The minimum atomic E-state index is -1.44.